The Morgan fingerprint density at radius 3 is 2.66 bits per heavy atom. The molecule has 0 radical (unpaired) electrons. The number of rotatable bonds is 10. The van der Waals surface area contributed by atoms with Crippen LogP contribution in [0.5, 0.6) is 5.75 Å². The van der Waals surface area contributed by atoms with E-state index >= 15 is 0 Å². The predicted molar refractivity (Wildman–Crippen MR) is 135 cm³/mol. The first-order valence-electron chi connectivity index (χ1n) is 10.5. The molecule has 0 aliphatic carbocycles. The number of benzene rings is 2. The van der Waals surface area contributed by atoms with E-state index < -0.39 is 0 Å². The highest BCUT2D eigenvalue weighted by Crippen LogP contribution is 2.15. The molecule has 0 spiro atoms. The number of guanidine groups is 1. The fourth-order valence-corrected chi connectivity index (χ4v) is 3.05. The first-order valence-corrected chi connectivity index (χ1v) is 10.5. The van der Waals surface area contributed by atoms with E-state index in [2.05, 4.69) is 38.9 Å². The minimum Gasteiger partial charge on any atom is -0.489 e. The van der Waals surface area contributed by atoms with Crippen molar-refractivity contribution in [3.8, 4) is 5.75 Å². The zero-order chi connectivity index (χ0) is 21.9. The van der Waals surface area contributed by atoms with Crippen molar-refractivity contribution in [2.24, 2.45) is 4.99 Å². The van der Waals surface area contributed by atoms with E-state index in [9.17, 15) is 4.39 Å². The zero-order valence-corrected chi connectivity index (χ0v) is 20.7. The Labute approximate surface area is 205 Å². The summed E-state index contributed by atoms with van der Waals surface area (Å²) in [4.78, 5) is 8.67. The first kappa shape index (κ1) is 25.6. The van der Waals surface area contributed by atoms with Crippen molar-refractivity contribution >= 4 is 29.9 Å². The van der Waals surface area contributed by atoms with Crippen LogP contribution in [0.3, 0.4) is 0 Å². The molecule has 2 aromatic carbocycles. The summed E-state index contributed by atoms with van der Waals surface area (Å²) in [6.45, 7) is 6.59. The SMILES string of the molecule is CCNC(=NCc1cccc(Cn2cncn2)c1)NCC(CC)Oc1cccc(F)c1.I. The van der Waals surface area contributed by atoms with Crippen molar-refractivity contribution < 1.29 is 9.13 Å². The van der Waals surface area contributed by atoms with Crippen LogP contribution in [0.4, 0.5) is 4.39 Å². The molecule has 32 heavy (non-hydrogen) atoms. The van der Waals surface area contributed by atoms with Gasteiger partial charge in [-0.2, -0.15) is 5.10 Å². The Morgan fingerprint density at radius 1 is 1.12 bits per heavy atom. The van der Waals surface area contributed by atoms with Crippen molar-refractivity contribution in [2.75, 3.05) is 13.1 Å². The van der Waals surface area contributed by atoms with E-state index in [0.717, 1.165) is 24.1 Å². The van der Waals surface area contributed by atoms with Crippen LogP contribution in [0.2, 0.25) is 0 Å². The summed E-state index contributed by atoms with van der Waals surface area (Å²) in [5.41, 5.74) is 2.25. The molecule has 1 aromatic heterocycles. The van der Waals surface area contributed by atoms with Gasteiger partial charge in [0.25, 0.3) is 0 Å². The van der Waals surface area contributed by atoms with Gasteiger partial charge in [0, 0.05) is 12.6 Å². The average molecular weight is 552 g/mol. The van der Waals surface area contributed by atoms with Gasteiger partial charge in [0.2, 0.25) is 0 Å². The molecule has 1 unspecified atom stereocenters. The first-order chi connectivity index (χ1) is 15.2. The molecule has 0 amide bonds. The Bertz CT molecular complexity index is 967. The van der Waals surface area contributed by atoms with E-state index in [1.165, 1.54) is 18.5 Å². The molecule has 7 nitrogen and oxygen atoms in total. The lowest BCUT2D eigenvalue weighted by atomic mass is 10.1. The summed E-state index contributed by atoms with van der Waals surface area (Å²) in [5.74, 6) is 0.937. The molecular weight excluding hydrogens is 522 g/mol. The maximum atomic E-state index is 13.4. The van der Waals surface area contributed by atoms with Crippen LogP contribution in [0.15, 0.2) is 66.2 Å². The molecule has 1 atom stereocenters. The predicted octanol–water partition coefficient (Wildman–Crippen LogP) is 4.00. The maximum Gasteiger partial charge on any atom is 0.191 e. The monoisotopic (exact) mass is 552 g/mol. The minimum atomic E-state index is -0.304. The van der Waals surface area contributed by atoms with Crippen LogP contribution in [0, 0.1) is 5.82 Å². The molecular formula is C23H30FIN6O. The molecule has 3 rings (SSSR count). The molecule has 3 aromatic rings. The molecule has 0 fully saturated rings. The number of hydrogen-bond donors (Lipinski definition) is 2. The Balaban J connectivity index is 0.00000363. The number of aromatic nitrogens is 3. The highest BCUT2D eigenvalue weighted by Gasteiger charge is 2.10. The Kier molecular flexibility index (Phi) is 10.9. The van der Waals surface area contributed by atoms with E-state index in [1.54, 1.807) is 23.1 Å². The Hall–Kier alpha value is -2.69. The third kappa shape index (κ3) is 8.45. The summed E-state index contributed by atoms with van der Waals surface area (Å²) in [7, 11) is 0. The molecule has 0 saturated heterocycles. The minimum absolute atomic E-state index is 0. The quantitative estimate of drug-likeness (QED) is 0.226. The Morgan fingerprint density at radius 2 is 1.94 bits per heavy atom. The van der Waals surface area contributed by atoms with Crippen LogP contribution in [0.1, 0.15) is 31.4 Å². The van der Waals surface area contributed by atoms with Gasteiger partial charge in [-0.3, -0.25) is 0 Å². The van der Waals surface area contributed by atoms with Crippen LogP contribution in [0.25, 0.3) is 0 Å². The second kappa shape index (κ2) is 13.7. The van der Waals surface area contributed by atoms with Gasteiger partial charge in [-0.15, -0.1) is 24.0 Å². The van der Waals surface area contributed by atoms with Gasteiger partial charge in [0.05, 0.1) is 19.6 Å². The van der Waals surface area contributed by atoms with Crippen LogP contribution in [-0.4, -0.2) is 39.9 Å². The number of halogens is 2. The fourth-order valence-electron chi connectivity index (χ4n) is 3.05. The highest BCUT2D eigenvalue weighted by atomic mass is 127. The molecule has 0 aliphatic heterocycles. The second-order valence-electron chi connectivity index (χ2n) is 7.09. The molecule has 9 heteroatoms. The van der Waals surface area contributed by atoms with Gasteiger partial charge < -0.3 is 15.4 Å². The van der Waals surface area contributed by atoms with Crippen molar-refractivity contribution in [1.29, 1.82) is 0 Å². The number of nitrogens with one attached hydrogen (secondary N) is 2. The van der Waals surface area contributed by atoms with Crippen molar-refractivity contribution in [2.45, 2.75) is 39.5 Å². The zero-order valence-electron chi connectivity index (χ0n) is 18.4. The lowest BCUT2D eigenvalue weighted by Crippen LogP contribution is -2.42. The maximum absolute atomic E-state index is 13.4. The third-order valence-corrected chi connectivity index (χ3v) is 4.62. The van der Waals surface area contributed by atoms with Gasteiger partial charge >= 0.3 is 0 Å². The smallest absolute Gasteiger partial charge is 0.191 e. The second-order valence-corrected chi connectivity index (χ2v) is 7.09. The number of ether oxygens (including phenoxy) is 1. The summed E-state index contributed by atoms with van der Waals surface area (Å²) in [6, 6.07) is 14.5. The third-order valence-electron chi connectivity index (χ3n) is 4.62. The van der Waals surface area contributed by atoms with Gasteiger partial charge in [-0.05, 0) is 36.6 Å². The van der Waals surface area contributed by atoms with Gasteiger partial charge in [-0.25, -0.2) is 19.0 Å². The van der Waals surface area contributed by atoms with Crippen LogP contribution < -0.4 is 15.4 Å². The number of hydrogen-bond acceptors (Lipinski definition) is 4. The summed E-state index contributed by atoms with van der Waals surface area (Å²) in [6.07, 6.45) is 3.92. The average Bonchev–Trinajstić information content (AvgIpc) is 3.28. The summed E-state index contributed by atoms with van der Waals surface area (Å²) in [5, 5.41) is 10.7. The van der Waals surface area contributed by atoms with Crippen molar-refractivity contribution in [1.82, 2.24) is 25.4 Å². The molecule has 0 bridgehead atoms. The van der Waals surface area contributed by atoms with Crippen molar-refractivity contribution in [3.63, 3.8) is 0 Å². The summed E-state index contributed by atoms with van der Waals surface area (Å²) < 4.78 is 21.1. The molecule has 1 heterocycles. The van der Waals surface area contributed by atoms with E-state index in [-0.39, 0.29) is 35.9 Å². The van der Waals surface area contributed by atoms with Crippen LogP contribution in [-0.2, 0) is 13.1 Å². The largest absolute Gasteiger partial charge is 0.489 e. The lowest BCUT2D eigenvalue weighted by Gasteiger charge is -2.20. The van der Waals surface area contributed by atoms with E-state index in [0.29, 0.717) is 31.3 Å². The molecule has 172 valence electrons. The molecule has 0 saturated carbocycles. The molecule has 0 aliphatic rings. The van der Waals surface area contributed by atoms with Gasteiger partial charge in [0.15, 0.2) is 5.96 Å². The fraction of sp³-hybridized carbons (Fsp3) is 0.348. The van der Waals surface area contributed by atoms with Crippen LogP contribution >= 0.6 is 24.0 Å². The number of aliphatic imine (C=N–C) groups is 1. The topological polar surface area (TPSA) is 76.4 Å². The number of nitrogens with zero attached hydrogens (tertiary/aromatic N) is 4. The molecule has 2 N–H and O–H groups in total. The van der Waals surface area contributed by atoms with E-state index in [4.69, 9.17) is 9.73 Å². The van der Waals surface area contributed by atoms with Gasteiger partial charge in [0.1, 0.15) is 30.3 Å². The van der Waals surface area contributed by atoms with E-state index in [1.807, 2.05) is 19.9 Å². The standard InChI is InChI=1S/C23H29FN6O.HI/c1-3-21(31-22-10-6-9-20(24)12-22)14-28-23(26-4-2)27-13-18-7-5-8-19(11-18)15-30-17-25-16-29-30;/h5-12,16-17,21H,3-4,13-15H2,1-2H3,(H2,26,27,28);1H. The summed E-state index contributed by atoms with van der Waals surface area (Å²) >= 11 is 0. The highest BCUT2D eigenvalue weighted by molar-refractivity contribution is 14.0. The normalized spacial score (nSPS) is 12.0. The van der Waals surface area contributed by atoms with Crippen molar-refractivity contribution in [3.05, 3.63) is 78.1 Å². The lowest BCUT2D eigenvalue weighted by molar-refractivity contribution is 0.198. The van der Waals surface area contributed by atoms with Gasteiger partial charge in [-0.1, -0.05) is 37.3 Å².